The number of aromatic nitrogens is 4. The average Bonchev–Trinajstić information content (AvgIpc) is 3.38. The second-order valence-electron chi connectivity index (χ2n) is 8.94. The first-order valence-corrected chi connectivity index (χ1v) is 11.5. The molecule has 0 aliphatic carbocycles. The van der Waals surface area contributed by atoms with Gasteiger partial charge in [-0.3, -0.25) is 14.3 Å². The van der Waals surface area contributed by atoms with E-state index in [0.717, 1.165) is 30.3 Å². The molecule has 3 aromatic rings. The number of ether oxygens (including phenoxy) is 1. The van der Waals surface area contributed by atoms with Crippen LogP contribution in [0.3, 0.4) is 0 Å². The Morgan fingerprint density at radius 2 is 1.85 bits per heavy atom. The summed E-state index contributed by atoms with van der Waals surface area (Å²) in [6.45, 7) is 3.26. The highest BCUT2D eigenvalue weighted by atomic mass is 16.5. The maximum absolute atomic E-state index is 13.1. The summed E-state index contributed by atoms with van der Waals surface area (Å²) in [5.74, 6) is 0.717. The Morgan fingerprint density at radius 1 is 1.09 bits per heavy atom. The first kappa shape index (κ1) is 21.4. The topological polar surface area (TPSA) is 93.5 Å². The van der Waals surface area contributed by atoms with Gasteiger partial charge in [0.25, 0.3) is 5.91 Å². The van der Waals surface area contributed by atoms with Crippen LogP contribution in [0, 0.1) is 11.8 Å². The quantitative estimate of drug-likeness (QED) is 0.574. The summed E-state index contributed by atoms with van der Waals surface area (Å²) in [6, 6.07) is 9.90. The third-order valence-electron chi connectivity index (χ3n) is 6.63. The maximum Gasteiger partial charge on any atom is 0.316 e. The van der Waals surface area contributed by atoms with Gasteiger partial charge in [-0.05, 0) is 30.9 Å². The SMILES string of the molecule is Cn1nc(C(=O)N2CCC(CN3CC(COc4ncccn4)CC3=O)CC2)c2ccccc21. The van der Waals surface area contributed by atoms with Crippen molar-refractivity contribution in [1.82, 2.24) is 29.5 Å². The molecule has 1 aromatic carbocycles. The van der Waals surface area contributed by atoms with Crippen molar-refractivity contribution in [3.05, 3.63) is 48.4 Å². The molecule has 0 bridgehead atoms. The predicted molar refractivity (Wildman–Crippen MR) is 122 cm³/mol. The van der Waals surface area contributed by atoms with Gasteiger partial charge in [0.05, 0.1) is 12.1 Å². The molecule has 2 fully saturated rings. The molecule has 9 nitrogen and oxygen atoms in total. The second kappa shape index (κ2) is 9.17. The average molecular weight is 449 g/mol. The second-order valence-corrected chi connectivity index (χ2v) is 8.94. The molecular weight excluding hydrogens is 420 g/mol. The molecule has 2 amide bonds. The van der Waals surface area contributed by atoms with Crippen LogP contribution in [0.15, 0.2) is 42.7 Å². The zero-order valence-corrected chi connectivity index (χ0v) is 18.8. The largest absolute Gasteiger partial charge is 0.463 e. The van der Waals surface area contributed by atoms with Crippen molar-refractivity contribution in [3.63, 3.8) is 0 Å². The van der Waals surface area contributed by atoms with Crippen LogP contribution in [0.4, 0.5) is 0 Å². The molecule has 0 radical (unpaired) electrons. The van der Waals surface area contributed by atoms with Crippen molar-refractivity contribution in [3.8, 4) is 6.01 Å². The number of fused-ring (bicyclic) bond motifs is 1. The predicted octanol–water partition coefficient (Wildman–Crippen LogP) is 2.14. The van der Waals surface area contributed by atoms with Crippen LogP contribution in [0.1, 0.15) is 29.8 Å². The van der Waals surface area contributed by atoms with Crippen LogP contribution in [-0.2, 0) is 11.8 Å². The lowest BCUT2D eigenvalue weighted by Crippen LogP contribution is -2.42. The molecule has 0 spiro atoms. The number of aryl methyl sites for hydroxylation is 1. The van der Waals surface area contributed by atoms with E-state index in [4.69, 9.17) is 4.74 Å². The molecular formula is C24H28N6O3. The van der Waals surface area contributed by atoms with Gasteiger partial charge >= 0.3 is 6.01 Å². The van der Waals surface area contributed by atoms with Gasteiger partial charge in [0, 0.05) is 63.3 Å². The van der Waals surface area contributed by atoms with E-state index in [0.29, 0.717) is 50.3 Å². The minimum absolute atomic E-state index is 0.0113. The zero-order chi connectivity index (χ0) is 22.8. The van der Waals surface area contributed by atoms with E-state index >= 15 is 0 Å². The van der Waals surface area contributed by atoms with Crippen LogP contribution in [0.25, 0.3) is 10.9 Å². The molecule has 4 heterocycles. The molecule has 2 saturated heterocycles. The number of para-hydroxylation sites is 1. The number of carbonyl (C=O) groups excluding carboxylic acids is 2. The molecule has 1 unspecified atom stereocenters. The van der Waals surface area contributed by atoms with E-state index in [9.17, 15) is 9.59 Å². The molecule has 0 saturated carbocycles. The van der Waals surface area contributed by atoms with Crippen molar-refractivity contribution >= 4 is 22.7 Å². The Morgan fingerprint density at radius 3 is 2.64 bits per heavy atom. The van der Waals surface area contributed by atoms with E-state index in [1.54, 1.807) is 23.1 Å². The van der Waals surface area contributed by atoms with Crippen molar-refractivity contribution in [2.75, 3.05) is 32.8 Å². The lowest BCUT2D eigenvalue weighted by Gasteiger charge is -2.33. The number of rotatable bonds is 6. The molecule has 172 valence electrons. The van der Waals surface area contributed by atoms with Gasteiger partial charge in [0.1, 0.15) is 0 Å². The van der Waals surface area contributed by atoms with Gasteiger partial charge in [-0.1, -0.05) is 18.2 Å². The summed E-state index contributed by atoms with van der Waals surface area (Å²) in [6.07, 6.45) is 5.55. The zero-order valence-electron chi connectivity index (χ0n) is 18.8. The molecule has 5 rings (SSSR count). The molecule has 2 aliphatic rings. The number of carbonyl (C=O) groups is 2. The minimum Gasteiger partial charge on any atom is -0.463 e. The normalized spacial score (nSPS) is 19.4. The van der Waals surface area contributed by atoms with Gasteiger partial charge in [0.15, 0.2) is 5.69 Å². The molecule has 1 atom stereocenters. The highest BCUT2D eigenvalue weighted by molar-refractivity contribution is 6.04. The van der Waals surface area contributed by atoms with Gasteiger partial charge < -0.3 is 14.5 Å². The maximum atomic E-state index is 13.1. The molecule has 2 aromatic heterocycles. The summed E-state index contributed by atoms with van der Waals surface area (Å²) in [7, 11) is 1.86. The van der Waals surface area contributed by atoms with E-state index in [-0.39, 0.29) is 17.7 Å². The third kappa shape index (κ3) is 4.53. The highest BCUT2D eigenvalue weighted by Crippen LogP contribution is 2.26. The van der Waals surface area contributed by atoms with Crippen LogP contribution >= 0.6 is 0 Å². The fourth-order valence-electron chi connectivity index (χ4n) is 4.85. The number of likely N-dealkylation sites (tertiary alicyclic amines) is 2. The van der Waals surface area contributed by atoms with Crippen molar-refractivity contribution < 1.29 is 14.3 Å². The summed E-state index contributed by atoms with van der Waals surface area (Å²) >= 11 is 0. The monoisotopic (exact) mass is 448 g/mol. The molecule has 2 aliphatic heterocycles. The summed E-state index contributed by atoms with van der Waals surface area (Å²) in [5, 5.41) is 5.37. The van der Waals surface area contributed by atoms with E-state index in [2.05, 4.69) is 15.1 Å². The Bertz CT molecular complexity index is 1140. The fourth-order valence-corrected chi connectivity index (χ4v) is 4.85. The Balaban J connectivity index is 1.12. The van der Waals surface area contributed by atoms with Crippen molar-refractivity contribution in [2.45, 2.75) is 19.3 Å². The lowest BCUT2D eigenvalue weighted by molar-refractivity contribution is -0.128. The summed E-state index contributed by atoms with van der Waals surface area (Å²) < 4.78 is 7.40. The number of benzene rings is 1. The highest BCUT2D eigenvalue weighted by Gasteiger charge is 2.33. The van der Waals surface area contributed by atoms with E-state index in [1.807, 2.05) is 41.1 Å². The van der Waals surface area contributed by atoms with Crippen LogP contribution < -0.4 is 4.74 Å². The van der Waals surface area contributed by atoms with E-state index in [1.165, 1.54) is 0 Å². The first-order valence-electron chi connectivity index (χ1n) is 11.5. The number of piperidine rings is 1. The smallest absolute Gasteiger partial charge is 0.316 e. The van der Waals surface area contributed by atoms with Crippen molar-refractivity contribution in [1.29, 1.82) is 0 Å². The standard InChI is InChI=1S/C24H28N6O3/c1-28-20-6-3-2-5-19(20)22(27-28)23(32)29-11-7-17(8-12-29)14-30-15-18(13-21(30)31)16-33-24-25-9-4-10-26-24/h2-6,9-10,17-18H,7-8,11-16H2,1H3. The minimum atomic E-state index is -0.0113. The van der Waals surface area contributed by atoms with Gasteiger partial charge in [0.2, 0.25) is 5.91 Å². The number of amides is 2. The Labute approximate surface area is 192 Å². The Kier molecular flexibility index (Phi) is 5.93. The third-order valence-corrected chi connectivity index (χ3v) is 6.63. The van der Waals surface area contributed by atoms with Crippen molar-refractivity contribution in [2.24, 2.45) is 18.9 Å². The Hall–Kier alpha value is -3.49. The van der Waals surface area contributed by atoms with Gasteiger partial charge in [-0.25, -0.2) is 9.97 Å². The number of nitrogens with zero attached hydrogens (tertiary/aromatic N) is 6. The number of hydrogen-bond donors (Lipinski definition) is 0. The van der Waals surface area contributed by atoms with Gasteiger partial charge in [-0.2, -0.15) is 5.10 Å². The molecule has 0 N–H and O–H groups in total. The number of hydrogen-bond acceptors (Lipinski definition) is 6. The first-order chi connectivity index (χ1) is 16.1. The van der Waals surface area contributed by atoms with E-state index < -0.39 is 0 Å². The van der Waals surface area contributed by atoms with Gasteiger partial charge in [-0.15, -0.1) is 0 Å². The van der Waals surface area contributed by atoms with Crippen LogP contribution in [0.5, 0.6) is 6.01 Å². The van der Waals surface area contributed by atoms with Crippen LogP contribution in [-0.4, -0.2) is 74.1 Å². The molecule has 33 heavy (non-hydrogen) atoms. The lowest BCUT2D eigenvalue weighted by atomic mass is 9.96. The summed E-state index contributed by atoms with van der Waals surface area (Å²) in [5.41, 5.74) is 1.48. The van der Waals surface area contributed by atoms with Crippen LogP contribution in [0.2, 0.25) is 0 Å². The molecule has 9 heteroatoms. The summed E-state index contributed by atoms with van der Waals surface area (Å²) in [4.78, 5) is 37.6. The fraction of sp³-hybridized carbons (Fsp3) is 0.458.